The molecule has 0 saturated carbocycles. The highest BCUT2D eigenvalue weighted by atomic mass is 19.2. The lowest BCUT2D eigenvalue weighted by Gasteiger charge is -2.20. The minimum atomic E-state index is -1.80. The molecule has 1 aliphatic heterocycles. The van der Waals surface area contributed by atoms with E-state index in [-0.39, 0.29) is 12.7 Å². The predicted octanol–water partition coefficient (Wildman–Crippen LogP) is 0.109. The Labute approximate surface area is 169 Å². The molecule has 3 N–H and O–H groups in total. The van der Waals surface area contributed by atoms with E-state index in [1.54, 1.807) is 0 Å². The van der Waals surface area contributed by atoms with Crippen LogP contribution in [0.1, 0.15) is 6.42 Å². The molecule has 0 radical (unpaired) electrons. The largest absolute Gasteiger partial charge is 0.479 e. The first kappa shape index (κ1) is 25.5. The summed E-state index contributed by atoms with van der Waals surface area (Å²) in [6, 6.07) is -1.34. The number of ketones is 1. The second-order valence-corrected chi connectivity index (χ2v) is 5.99. The van der Waals surface area contributed by atoms with E-state index < -0.39 is 65.7 Å². The molecule has 12 heteroatoms. The molecule has 1 aromatic rings. The number of nitrogens with one attached hydrogen (secondary N) is 2. The summed E-state index contributed by atoms with van der Waals surface area (Å²) in [4.78, 5) is 35.3. The van der Waals surface area contributed by atoms with E-state index in [9.17, 15) is 31.9 Å². The fourth-order valence-corrected chi connectivity index (χ4v) is 2.45. The predicted molar refractivity (Wildman–Crippen MR) is 94.7 cm³/mol. The number of aldehydes is 1. The van der Waals surface area contributed by atoms with Crippen molar-refractivity contribution < 1.29 is 46.5 Å². The Bertz CT molecular complexity index is 716. The molecule has 1 aromatic carbocycles. The van der Waals surface area contributed by atoms with Crippen LogP contribution in [-0.2, 0) is 19.1 Å². The van der Waals surface area contributed by atoms with Gasteiger partial charge in [-0.1, -0.05) is 0 Å². The van der Waals surface area contributed by atoms with Crippen molar-refractivity contribution in [1.29, 1.82) is 0 Å². The van der Waals surface area contributed by atoms with Gasteiger partial charge in [0.2, 0.25) is 17.5 Å². The average molecular weight is 438 g/mol. The van der Waals surface area contributed by atoms with Crippen LogP contribution in [0.5, 0.6) is 5.75 Å². The number of aliphatic hydroxyl groups is 1. The summed E-state index contributed by atoms with van der Waals surface area (Å²) in [5, 5.41) is 12.3. The molecule has 1 saturated heterocycles. The maximum Gasteiger partial charge on any atom is 0.227 e. The van der Waals surface area contributed by atoms with Crippen molar-refractivity contribution in [3.8, 4) is 5.75 Å². The highest BCUT2D eigenvalue weighted by molar-refractivity contribution is 5.92. The van der Waals surface area contributed by atoms with Crippen LogP contribution >= 0.6 is 0 Å². The quantitative estimate of drug-likeness (QED) is 0.300. The zero-order valence-corrected chi connectivity index (χ0v) is 16.1. The molecule has 168 valence electrons. The molecule has 2 rings (SSSR count). The summed E-state index contributed by atoms with van der Waals surface area (Å²) in [6.45, 7) is 0.347. The first-order chi connectivity index (χ1) is 14.3. The lowest BCUT2D eigenvalue weighted by atomic mass is 10.1. The summed E-state index contributed by atoms with van der Waals surface area (Å²) in [5.74, 6) is -10.5. The molecule has 1 heterocycles. The Balaban J connectivity index is 0.00000218. The molecule has 2 atom stereocenters. The summed E-state index contributed by atoms with van der Waals surface area (Å²) in [6.07, 6.45) is -0.0505. The number of carbonyl (C=O) groups is 3. The fraction of sp³-hybridized carbons (Fsp3) is 0.500. The topological polar surface area (TPSA) is 114 Å². The number of benzene rings is 1. The summed E-state index contributed by atoms with van der Waals surface area (Å²) in [5.41, 5.74) is 0. The number of amides is 1. The molecular formula is C18H22F4N2O6. The molecule has 1 fully saturated rings. The Morgan fingerprint density at radius 1 is 1.30 bits per heavy atom. The number of carbonyl (C=O) groups excluding carboxylic acids is 3. The Kier molecular flexibility index (Phi) is 10.9. The third kappa shape index (κ3) is 7.04. The third-order valence-electron chi connectivity index (χ3n) is 3.97. The van der Waals surface area contributed by atoms with E-state index in [1.807, 2.05) is 0 Å². The van der Waals surface area contributed by atoms with Gasteiger partial charge in [0.1, 0.15) is 12.9 Å². The number of ether oxygens (including phenoxy) is 2. The van der Waals surface area contributed by atoms with Crippen LogP contribution in [0.4, 0.5) is 17.6 Å². The first-order valence-corrected chi connectivity index (χ1v) is 8.80. The van der Waals surface area contributed by atoms with Crippen molar-refractivity contribution in [1.82, 2.24) is 10.6 Å². The highest BCUT2D eigenvalue weighted by Gasteiger charge is 2.28. The first-order valence-electron chi connectivity index (χ1n) is 8.80. The lowest BCUT2D eigenvalue weighted by molar-refractivity contribution is -0.132. The van der Waals surface area contributed by atoms with Gasteiger partial charge in [-0.3, -0.25) is 9.59 Å². The van der Waals surface area contributed by atoms with Crippen LogP contribution in [0.15, 0.2) is 6.07 Å². The molecule has 2 unspecified atom stereocenters. The van der Waals surface area contributed by atoms with Crippen molar-refractivity contribution in [2.75, 3.05) is 40.0 Å². The number of hydrogen-bond donors (Lipinski definition) is 3. The second-order valence-electron chi connectivity index (χ2n) is 5.99. The van der Waals surface area contributed by atoms with Crippen molar-refractivity contribution >= 4 is 18.0 Å². The molecule has 0 bridgehead atoms. The minimum absolute atomic E-state index is 0.00237. The van der Waals surface area contributed by atoms with Crippen LogP contribution in [0.25, 0.3) is 0 Å². The van der Waals surface area contributed by atoms with Crippen molar-refractivity contribution in [3.05, 3.63) is 29.3 Å². The van der Waals surface area contributed by atoms with Gasteiger partial charge < -0.3 is 30.0 Å². The van der Waals surface area contributed by atoms with Crippen LogP contribution in [0.3, 0.4) is 0 Å². The Hall–Kier alpha value is -2.57. The number of halogens is 4. The van der Waals surface area contributed by atoms with Gasteiger partial charge in [0.15, 0.2) is 23.2 Å². The lowest BCUT2D eigenvalue weighted by Crippen LogP contribution is -2.47. The monoisotopic (exact) mass is 438 g/mol. The second kappa shape index (κ2) is 12.9. The van der Waals surface area contributed by atoms with Crippen LogP contribution in [-0.4, -0.2) is 69.1 Å². The smallest absolute Gasteiger partial charge is 0.227 e. The molecule has 30 heavy (non-hydrogen) atoms. The number of rotatable bonds is 8. The molecule has 0 spiro atoms. The van der Waals surface area contributed by atoms with E-state index in [4.69, 9.17) is 9.84 Å². The van der Waals surface area contributed by atoms with E-state index >= 15 is 0 Å². The Morgan fingerprint density at radius 2 is 1.93 bits per heavy atom. The van der Waals surface area contributed by atoms with Crippen LogP contribution in [0.2, 0.25) is 0 Å². The van der Waals surface area contributed by atoms with Crippen LogP contribution < -0.4 is 15.4 Å². The molecule has 0 aromatic heterocycles. The maximum atomic E-state index is 13.6. The normalized spacial score (nSPS) is 17.1. The molecule has 1 amide bonds. The standard InChI is InChI=1S/C17H18F4N2O5.CH4O/c18-10-5-11(19)15(21)16(14(10)20)28-8-13(25)12(1-3-24)23-17(26)9-6-22-2-4-27-7-9;1-2/h3,5,9,12,22H,1-2,4,6-8H2,(H,23,26);2H,1H3. The number of hydrogen-bond acceptors (Lipinski definition) is 7. The third-order valence-corrected chi connectivity index (χ3v) is 3.97. The minimum Gasteiger partial charge on any atom is -0.479 e. The van der Waals surface area contributed by atoms with Crippen molar-refractivity contribution in [2.45, 2.75) is 12.5 Å². The van der Waals surface area contributed by atoms with Crippen molar-refractivity contribution in [3.63, 3.8) is 0 Å². The van der Waals surface area contributed by atoms with E-state index in [0.717, 1.165) is 7.11 Å². The highest BCUT2D eigenvalue weighted by Crippen LogP contribution is 2.26. The van der Waals surface area contributed by atoms with Gasteiger partial charge in [0.25, 0.3) is 0 Å². The molecule has 0 aliphatic carbocycles. The van der Waals surface area contributed by atoms with E-state index in [2.05, 4.69) is 15.4 Å². The van der Waals surface area contributed by atoms with Crippen LogP contribution in [0, 0.1) is 29.2 Å². The van der Waals surface area contributed by atoms with Gasteiger partial charge in [0.05, 0.1) is 25.2 Å². The molecule has 1 aliphatic rings. The summed E-state index contributed by atoms with van der Waals surface area (Å²) in [7, 11) is 1.00. The Morgan fingerprint density at radius 3 is 2.53 bits per heavy atom. The van der Waals surface area contributed by atoms with Gasteiger partial charge in [-0.15, -0.1) is 0 Å². The fourth-order valence-electron chi connectivity index (χ4n) is 2.45. The van der Waals surface area contributed by atoms with Gasteiger partial charge in [0, 0.05) is 32.7 Å². The van der Waals surface area contributed by atoms with Gasteiger partial charge in [-0.25, -0.2) is 8.78 Å². The number of Topliss-reactive ketones (excluding diaryl/α,β-unsaturated/α-hetero) is 1. The zero-order valence-electron chi connectivity index (χ0n) is 16.1. The van der Waals surface area contributed by atoms with Crippen molar-refractivity contribution in [2.24, 2.45) is 5.92 Å². The van der Waals surface area contributed by atoms with Gasteiger partial charge in [-0.2, -0.15) is 8.78 Å². The van der Waals surface area contributed by atoms with E-state index in [0.29, 0.717) is 26.0 Å². The zero-order chi connectivity index (χ0) is 22.7. The molecule has 8 nitrogen and oxygen atoms in total. The number of aliphatic hydroxyl groups excluding tert-OH is 1. The maximum absolute atomic E-state index is 13.6. The summed E-state index contributed by atoms with van der Waals surface area (Å²) < 4.78 is 63.3. The van der Waals surface area contributed by atoms with Gasteiger partial charge in [-0.05, 0) is 0 Å². The SMILES string of the molecule is CO.O=CCC(NC(=O)C1CNCCOC1)C(=O)COc1c(F)c(F)cc(F)c1F. The van der Waals surface area contributed by atoms with Gasteiger partial charge >= 0.3 is 0 Å². The summed E-state index contributed by atoms with van der Waals surface area (Å²) >= 11 is 0. The average Bonchev–Trinajstić information content (AvgIpc) is 3.03. The van der Waals surface area contributed by atoms with E-state index in [1.165, 1.54) is 0 Å². The molecular weight excluding hydrogens is 416 g/mol.